The number of hydrogen-bond acceptors (Lipinski definition) is 12. The maximum absolute atomic E-state index is 12.9. The van der Waals surface area contributed by atoms with Crippen LogP contribution in [0.2, 0.25) is 0 Å². The Kier molecular flexibility index (Phi) is 16.0. The summed E-state index contributed by atoms with van der Waals surface area (Å²) in [6.45, 7) is 24.6. The first kappa shape index (κ1) is 58.7. The van der Waals surface area contributed by atoms with E-state index in [0.717, 1.165) is 86.5 Å². The highest BCUT2D eigenvalue weighted by atomic mass is 16.7. The fraction of sp³-hybridized carbons (Fsp3) is 0.656. The van der Waals surface area contributed by atoms with Crippen LogP contribution in [0.3, 0.4) is 0 Å². The summed E-state index contributed by atoms with van der Waals surface area (Å²) in [4.78, 5) is 77.3. The zero-order valence-electron chi connectivity index (χ0n) is 45.6. The number of ether oxygens (including phenoxy) is 1. The number of allylic oxidation sites excluding steroid dienone is 3. The van der Waals surface area contributed by atoms with E-state index in [1.165, 1.54) is 0 Å². The van der Waals surface area contributed by atoms with Gasteiger partial charge in [0.15, 0.2) is 23.0 Å². The van der Waals surface area contributed by atoms with E-state index >= 15 is 0 Å². The summed E-state index contributed by atoms with van der Waals surface area (Å²) < 4.78 is 5.76. The highest BCUT2D eigenvalue weighted by molar-refractivity contribution is 6.51. The Labute approximate surface area is 443 Å². The Morgan fingerprint density at radius 3 is 1.57 bits per heavy atom. The lowest BCUT2D eigenvalue weighted by molar-refractivity contribution is -0.185. The molecule has 1 spiro atoms. The van der Waals surface area contributed by atoms with Crippen LogP contribution in [0, 0.1) is 55.3 Å². The molecule has 0 amide bonds. The number of fused-ring (bicyclic) bond motifs is 6. The number of hydrogen-bond donors (Lipinski definition) is 6. The number of carbonyl (C=O) groups excluding carboxylic acids is 3. The number of aryl methyl sites for hydroxylation is 1. The van der Waals surface area contributed by atoms with Crippen LogP contribution in [0.15, 0.2) is 34.9 Å². The first-order chi connectivity index (χ1) is 34.4. The highest BCUT2D eigenvalue weighted by Crippen LogP contribution is 2.67. The summed E-state index contributed by atoms with van der Waals surface area (Å²) in [5, 5.41) is 63.1. The van der Waals surface area contributed by atoms with Crippen LogP contribution in [-0.2, 0) is 46.0 Å². The molecule has 2 aliphatic heterocycles. The van der Waals surface area contributed by atoms with Crippen LogP contribution < -0.4 is 0 Å². The number of carboxylic acids is 2. The Balaban J connectivity index is 0.000000179. The van der Waals surface area contributed by atoms with E-state index in [2.05, 4.69) is 41.5 Å². The lowest BCUT2D eigenvalue weighted by Gasteiger charge is -2.58. The van der Waals surface area contributed by atoms with Gasteiger partial charge in [-0.3, -0.25) is 24.0 Å². The molecule has 3 saturated carbocycles. The zero-order chi connectivity index (χ0) is 55.2. The quantitative estimate of drug-likeness (QED) is 0.0705. The number of benzene rings is 2. The molecule has 6 N–H and O–H groups in total. The molecular formula is C61H84O14. The number of carboxylic acid groups (broad SMARTS) is 2. The molecule has 11 rings (SSSR count). The van der Waals surface area contributed by atoms with Crippen molar-refractivity contribution in [3.05, 3.63) is 78.2 Å². The molecule has 412 valence electrons. The molecule has 7 atom stereocenters. The number of aliphatic carboxylic acids is 2. The third kappa shape index (κ3) is 8.89. The fourth-order valence-electron chi connectivity index (χ4n) is 16.1. The number of ketones is 2. The average Bonchev–Trinajstić information content (AvgIpc) is 3.32. The number of aromatic hydroxyl groups is 4. The predicted octanol–water partition coefficient (Wildman–Crippen LogP) is 13.0. The first-order valence-corrected chi connectivity index (χ1v) is 27.0. The molecule has 1 saturated heterocycles. The molecule has 2 aromatic carbocycles. The maximum Gasteiger partial charge on any atom is 0.317 e. The van der Waals surface area contributed by atoms with Crippen molar-refractivity contribution in [2.45, 2.75) is 209 Å². The SMILES string of the molecule is C.CC(C)C1=CC2=C(C(=O)C1=O)[C@@]1(C(=O)O)CCCC(C)(C)[C@@H]1CC2.CC(C)c1cc2c(c(O)c1O)[C@@]1(C(=O)O)CCCC(C)(C)[C@@H]1CC2.CC(C)c1cc2c(c(O)c1O)[C@@]13CCCC(C)(C)[C@@H]1CC2OC3=O.O=O. The van der Waals surface area contributed by atoms with Crippen molar-refractivity contribution in [1.29, 1.82) is 0 Å². The van der Waals surface area contributed by atoms with Gasteiger partial charge >= 0.3 is 17.9 Å². The van der Waals surface area contributed by atoms with Crippen molar-refractivity contribution in [3.63, 3.8) is 0 Å². The van der Waals surface area contributed by atoms with Gasteiger partial charge in [-0.2, -0.15) is 0 Å². The van der Waals surface area contributed by atoms with E-state index < -0.39 is 39.8 Å². The number of esters is 1. The largest absolute Gasteiger partial charge is 0.504 e. The zero-order valence-corrected chi connectivity index (χ0v) is 45.6. The Morgan fingerprint density at radius 2 is 1.05 bits per heavy atom. The number of rotatable bonds is 5. The minimum Gasteiger partial charge on any atom is -0.504 e. The number of phenols is 4. The highest BCUT2D eigenvalue weighted by Gasteiger charge is 2.66. The van der Waals surface area contributed by atoms with Gasteiger partial charge in [0.2, 0.25) is 11.6 Å². The summed E-state index contributed by atoms with van der Waals surface area (Å²) in [5.74, 6) is -3.45. The summed E-state index contributed by atoms with van der Waals surface area (Å²) >= 11 is 0. The van der Waals surface area contributed by atoms with E-state index in [4.69, 9.17) is 14.7 Å². The number of carbonyl (C=O) groups is 5. The Bertz CT molecular complexity index is 2700. The lowest BCUT2D eigenvalue weighted by Crippen LogP contribution is -2.59. The van der Waals surface area contributed by atoms with Crippen molar-refractivity contribution >= 4 is 29.5 Å². The summed E-state index contributed by atoms with van der Waals surface area (Å²) in [7, 11) is 0. The fourth-order valence-corrected chi connectivity index (χ4v) is 16.1. The van der Waals surface area contributed by atoms with Gasteiger partial charge in [0.25, 0.3) is 0 Å². The van der Waals surface area contributed by atoms with Gasteiger partial charge in [0.05, 0.1) is 5.41 Å². The second kappa shape index (κ2) is 20.4. The second-order valence-corrected chi connectivity index (χ2v) is 25.9. The topological polar surface area (TPSA) is 250 Å². The van der Waals surface area contributed by atoms with Crippen molar-refractivity contribution in [3.8, 4) is 23.0 Å². The van der Waals surface area contributed by atoms with Crippen molar-refractivity contribution in [1.82, 2.24) is 0 Å². The van der Waals surface area contributed by atoms with Gasteiger partial charge in [-0.05, 0) is 140 Å². The molecule has 7 aliphatic carbocycles. The molecule has 2 aromatic rings. The third-order valence-corrected chi connectivity index (χ3v) is 19.6. The average molecular weight is 1040 g/mol. The molecule has 0 radical (unpaired) electrons. The van der Waals surface area contributed by atoms with Gasteiger partial charge in [0, 0.05) is 48.9 Å². The second-order valence-electron chi connectivity index (χ2n) is 25.9. The lowest BCUT2D eigenvalue weighted by atomic mass is 9.47. The maximum atomic E-state index is 12.9. The van der Waals surface area contributed by atoms with Gasteiger partial charge in [-0.25, -0.2) is 0 Å². The summed E-state index contributed by atoms with van der Waals surface area (Å²) in [6, 6.07) is 3.86. The van der Waals surface area contributed by atoms with Crippen molar-refractivity contribution in [2.24, 2.45) is 45.3 Å². The minimum atomic E-state index is -1.19. The minimum absolute atomic E-state index is 0. The van der Waals surface area contributed by atoms with Crippen LogP contribution in [0.5, 0.6) is 23.0 Å². The van der Waals surface area contributed by atoms with Gasteiger partial charge in [0.1, 0.15) is 16.9 Å². The molecule has 4 fully saturated rings. The summed E-state index contributed by atoms with van der Waals surface area (Å²) in [6.07, 6.45) is 12.6. The van der Waals surface area contributed by atoms with Crippen molar-refractivity contribution in [2.75, 3.05) is 0 Å². The van der Waals surface area contributed by atoms with Crippen LogP contribution in [-0.4, -0.2) is 60.1 Å². The van der Waals surface area contributed by atoms with Gasteiger partial charge in [-0.1, -0.05) is 122 Å². The van der Waals surface area contributed by atoms with Crippen molar-refractivity contribution < 1.29 is 59.3 Å². The van der Waals surface area contributed by atoms with E-state index in [-0.39, 0.29) is 94.3 Å². The standard InChI is InChI=1S/C20H26O4.C20H28O4.C20H26O4.CH4.O2/c1-10(2)11-8-12-13-9-14-19(3,4)6-5-7-20(14,18(23)24-13)15(12)17(22)16(11)21;2*1-11(2)13-10-12-6-7-14-19(3,4)8-5-9-20(14,18(23)24)15(12)17(22)16(13)21;;1-2/h8,10,13-14,21-22H,5-7,9H2,1-4H3;10-11,14,21-22H,5-9H2,1-4H3,(H,23,24);10-11,14H,5-9H2,1-4H3,(H,23,24);1H4;/t13?,14-,20+;2*14-,20+;;/m000../s1. The Morgan fingerprint density at radius 1 is 0.587 bits per heavy atom. The molecule has 14 heteroatoms. The molecule has 14 nitrogen and oxygen atoms in total. The Hall–Kier alpha value is -5.53. The molecule has 2 bridgehead atoms. The molecular weight excluding hydrogens is 957 g/mol. The van der Waals surface area contributed by atoms with E-state index in [9.17, 15) is 54.6 Å². The predicted molar refractivity (Wildman–Crippen MR) is 287 cm³/mol. The summed E-state index contributed by atoms with van der Waals surface area (Å²) in [5.41, 5.74) is 2.65. The molecule has 75 heavy (non-hydrogen) atoms. The van der Waals surface area contributed by atoms with E-state index in [1.807, 2.05) is 59.8 Å². The van der Waals surface area contributed by atoms with Crippen LogP contribution in [0.1, 0.15) is 225 Å². The monoisotopic (exact) mass is 1040 g/mol. The third-order valence-electron chi connectivity index (χ3n) is 19.6. The molecule has 0 aromatic heterocycles. The smallest absolute Gasteiger partial charge is 0.317 e. The number of phenolic OH excluding ortho intramolecular Hbond substituents is 4. The van der Waals surface area contributed by atoms with Crippen LogP contribution >= 0.6 is 0 Å². The normalized spacial score (nSPS) is 30.1. The molecule has 9 aliphatic rings. The molecule has 1 unspecified atom stereocenters. The molecule has 2 heterocycles. The van der Waals surface area contributed by atoms with Crippen LogP contribution in [0.4, 0.5) is 0 Å². The van der Waals surface area contributed by atoms with E-state index in [0.29, 0.717) is 53.5 Å². The van der Waals surface area contributed by atoms with Gasteiger partial charge < -0.3 is 35.4 Å². The first-order valence-electron chi connectivity index (χ1n) is 27.0. The van der Waals surface area contributed by atoms with Crippen LogP contribution in [0.25, 0.3) is 0 Å². The van der Waals surface area contributed by atoms with Gasteiger partial charge in [-0.15, -0.1) is 0 Å². The number of Topliss-reactive ketones (excluding diaryl/α,β-unsaturated/α-hetero) is 2. The van der Waals surface area contributed by atoms with E-state index in [1.54, 1.807) is 0 Å².